The topological polar surface area (TPSA) is 92.7 Å². The Morgan fingerprint density at radius 3 is 2.70 bits per heavy atom. The Kier molecular flexibility index (Phi) is 6.89. The van der Waals surface area contributed by atoms with Gasteiger partial charge in [0.05, 0.1) is 21.3 Å². The molecule has 0 saturated carbocycles. The van der Waals surface area contributed by atoms with E-state index < -0.39 is 16.8 Å². The summed E-state index contributed by atoms with van der Waals surface area (Å²) in [6.45, 7) is 0.968. The fourth-order valence-electron chi connectivity index (χ4n) is 1.53. The number of hydrogen-bond donors (Lipinski definition) is 2. The van der Waals surface area contributed by atoms with Gasteiger partial charge in [-0.25, -0.2) is 4.79 Å². The predicted octanol–water partition coefficient (Wildman–Crippen LogP) is 0.645. The van der Waals surface area contributed by atoms with Crippen molar-refractivity contribution in [3.63, 3.8) is 0 Å². The molecule has 1 aromatic carbocycles. The van der Waals surface area contributed by atoms with Gasteiger partial charge in [-0.05, 0) is 18.6 Å². The summed E-state index contributed by atoms with van der Waals surface area (Å²) in [5.74, 6) is -1.79. The van der Waals surface area contributed by atoms with E-state index in [1.807, 2.05) is 0 Å². The molecule has 20 heavy (non-hydrogen) atoms. The van der Waals surface area contributed by atoms with E-state index in [1.54, 1.807) is 19.2 Å². The standard InChI is InChI=1S/C13H17NO5S/c1-19-8-4-7-14-12(15)9-20(18)11-6-3-2-5-10(11)13(16)17/h2-3,5-6H,4,7-9H2,1H3,(H,14,15)(H,16,17). The van der Waals surface area contributed by atoms with Crippen molar-refractivity contribution in [2.24, 2.45) is 0 Å². The lowest BCUT2D eigenvalue weighted by Gasteiger charge is -2.07. The molecule has 7 heteroatoms. The maximum absolute atomic E-state index is 12.0. The minimum atomic E-state index is -1.68. The molecule has 110 valence electrons. The summed E-state index contributed by atoms with van der Waals surface area (Å²) < 4.78 is 16.9. The van der Waals surface area contributed by atoms with Gasteiger partial charge in [-0.1, -0.05) is 12.1 Å². The quantitative estimate of drug-likeness (QED) is 0.687. The molecule has 1 aromatic rings. The number of benzene rings is 1. The van der Waals surface area contributed by atoms with E-state index in [2.05, 4.69) is 5.32 Å². The molecule has 1 atom stereocenters. The van der Waals surface area contributed by atoms with Crippen molar-refractivity contribution in [1.29, 1.82) is 0 Å². The number of nitrogens with one attached hydrogen (secondary N) is 1. The Morgan fingerprint density at radius 1 is 1.35 bits per heavy atom. The summed E-state index contributed by atoms with van der Waals surface area (Å²) in [7, 11) is -0.108. The summed E-state index contributed by atoms with van der Waals surface area (Å²) in [6, 6.07) is 5.97. The Bertz CT molecular complexity index is 503. The Balaban J connectivity index is 2.58. The Morgan fingerprint density at radius 2 is 2.05 bits per heavy atom. The number of carboxylic acid groups (broad SMARTS) is 1. The number of methoxy groups -OCH3 is 1. The van der Waals surface area contributed by atoms with E-state index in [-0.39, 0.29) is 22.1 Å². The van der Waals surface area contributed by atoms with E-state index in [0.717, 1.165) is 0 Å². The molecule has 0 radical (unpaired) electrons. The van der Waals surface area contributed by atoms with Crippen LogP contribution in [0.25, 0.3) is 0 Å². The van der Waals surface area contributed by atoms with E-state index in [9.17, 15) is 13.8 Å². The summed E-state index contributed by atoms with van der Waals surface area (Å²) >= 11 is 0. The van der Waals surface area contributed by atoms with Crippen LogP contribution in [0.5, 0.6) is 0 Å². The average Bonchev–Trinajstić information content (AvgIpc) is 2.43. The fourth-order valence-corrected chi connectivity index (χ4v) is 2.66. The van der Waals surface area contributed by atoms with Gasteiger partial charge in [0.15, 0.2) is 0 Å². The van der Waals surface area contributed by atoms with Crippen LogP contribution < -0.4 is 5.32 Å². The SMILES string of the molecule is COCCCNC(=O)CS(=O)c1ccccc1C(=O)O. The van der Waals surface area contributed by atoms with Crippen LogP contribution in [0.4, 0.5) is 0 Å². The number of hydrogen-bond acceptors (Lipinski definition) is 4. The van der Waals surface area contributed by atoms with E-state index >= 15 is 0 Å². The molecule has 1 unspecified atom stereocenters. The van der Waals surface area contributed by atoms with Crippen molar-refractivity contribution in [1.82, 2.24) is 5.32 Å². The molecule has 0 heterocycles. The van der Waals surface area contributed by atoms with Crippen LogP contribution >= 0.6 is 0 Å². The van der Waals surface area contributed by atoms with E-state index in [0.29, 0.717) is 19.6 Å². The third kappa shape index (κ3) is 5.10. The largest absolute Gasteiger partial charge is 0.478 e. The van der Waals surface area contributed by atoms with Gasteiger partial charge in [-0.3, -0.25) is 9.00 Å². The van der Waals surface area contributed by atoms with Gasteiger partial charge < -0.3 is 15.2 Å². The number of carboxylic acids is 1. The monoisotopic (exact) mass is 299 g/mol. The third-order valence-corrected chi connectivity index (χ3v) is 3.84. The maximum atomic E-state index is 12.0. The first-order valence-electron chi connectivity index (χ1n) is 6.02. The molecule has 1 rings (SSSR count). The highest BCUT2D eigenvalue weighted by Gasteiger charge is 2.16. The normalized spacial score (nSPS) is 11.8. The number of carbonyl (C=O) groups excluding carboxylic acids is 1. The van der Waals surface area contributed by atoms with Gasteiger partial charge in [-0.2, -0.15) is 0 Å². The molecule has 0 aromatic heterocycles. The minimum absolute atomic E-state index is 0.0435. The molecule has 2 N–H and O–H groups in total. The molecular formula is C13H17NO5S. The first-order valence-corrected chi connectivity index (χ1v) is 7.34. The molecular weight excluding hydrogens is 282 g/mol. The van der Waals surface area contributed by atoms with E-state index in [1.165, 1.54) is 12.1 Å². The highest BCUT2D eigenvalue weighted by molar-refractivity contribution is 7.85. The summed E-state index contributed by atoms with van der Waals surface area (Å²) in [4.78, 5) is 22.7. The van der Waals surface area contributed by atoms with Crippen LogP contribution in [0.15, 0.2) is 29.2 Å². The second-order valence-corrected chi connectivity index (χ2v) is 5.41. The second kappa shape index (κ2) is 8.44. The molecule has 0 aliphatic carbocycles. The van der Waals surface area contributed by atoms with Gasteiger partial charge in [0.1, 0.15) is 5.75 Å². The van der Waals surface area contributed by atoms with Crippen LogP contribution in [0, 0.1) is 0 Å². The van der Waals surface area contributed by atoms with Gasteiger partial charge in [-0.15, -0.1) is 0 Å². The van der Waals surface area contributed by atoms with Crippen molar-refractivity contribution in [2.75, 3.05) is 26.0 Å². The first-order chi connectivity index (χ1) is 9.56. The smallest absolute Gasteiger partial charge is 0.336 e. The zero-order valence-electron chi connectivity index (χ0n) is 11.1. The van der Waals surface area contributed by atoms with Gasteiger partial charge in [0, 0.05) is 20.3 Å². The summed E-state index contributed by atoms with van der Waals surface area (Å²) in [5, 5.41) is 11.6. The van der Waals surface area contributed by atoms with Gasteiger partial charge in [0.25, 0.3) is 0 Å². The lowest BCUT2D eigenvalue weighted by atomic mass is 10.2. The molecule has 0 fully saturated rings. The van der Waals surface area contributed by atoms with Crippen molar-refractivity contribution >= 4 is 22.7 Å². The van der Waals surface area contributed by atoms with Crippen molar-refractivity contribution in [3.8, 4) is 0 Å². The highest BCUT2D eigenvalue weighted by atomic mass is 32.2. The van der Waals surface area contributed by atoms with Crippen LogP contribution in [-0.2, 0) is 20.3 Å². The molecule has 6 nitrogen and oxygen atoms in total. The zero-order chi connectivity index (χ0) is 15.0. The van der Waals surface area contributed by atoms with Crippen molar-refractivity contribution < 1.29 is 23.6 Å². The second-order valence-electron chi connectivity index (χ2n) is 3.99. The molecule has 0 bridgehead atoms. The van der Waals surface area contributed by atoms with Crippen LogP contribution in [-0.4, -0.2) is 47.2 Å². The molecule has 0 saturated heterocycles. The van der Waals surface area contributed by atoms with Crippen molar-refractivity contribution in [3.05, 3.63) is 29.8 Å². The lowest BCUT2D eigenvalue weighted by Crippen LogP contribution is -2.30. The molecule has 0 aliphatic rings. The van der Waals surface area contributed by atoms with Crippen molar-refractivity contribution in [2.45, 2.75) is 11.3 Å². The maximum Gasteiger partial charge on any atom is 0.336 e. The Labute approximate surface area is 119 Å². The summed E-state index contributed by atoms with van der Waals surface area (Å²) in [6.07, 6.45) is 0.667. The number of carbonyl (C=O) groups is 2. The molecule has 0 spiro atoms. The predicted molar refractivity (Wildman–Crippen MR) is 74.2 cm³/mol. The summed E-state index contributed by atoms with van der Waals surface area (Å²) in [5.41, 5.74) is -0.0435. The van der Waals surface area contributed by atoms with Crippen LogP contribution in [0.3, 0.4) is 0 Å². The lowest BCUT2D eigenvalue weighted by molar-refractivity contribution is -0.118. The van der Waals surface area contributed by atoms with Crippen LogP contribution in [0.2, 0.25) is 0 Å². The average molecular weight is 299 g/mol. The Hall–Kier alpha value is -1.73. The number of aromatic carboxylic acids is 1. The fraction of sp³-hybridized carbons (Fsp3) is 0.385. The highest BCUT2D eigenvalue weighted by Crippen LogP contribution is 2.13. The first kappa shape index (κ1) is 16.3. The van der Waals surface area contributed by atoms with E-state index in [4.69, 9.17) is 9.84 Å². The molecule has 1 amide bonds. The third-order valence-electron chi connectivity index (χ3n) is 2.47. The number of ether oxygens (including phenoxy) is 1. The number of amides is 1. The molecule has 0 aliphatic heterocycles. The zero-order valence-corrected chi connectivity index (χ0v) is 11.9. The van der Waals surface area contributed by atoms with Crippen LogP contribution in [0.1, 0.15) is 16.8 Å². The minimum Gasteiger partial charge on any atom is -0.478 e. The van der Waals surface area contributed by atoms with Gasteiger partial charge in [0.2, 0.25) is 5.91 Å². The van der Waals surface area contributed by atoms with Gasteiger partial charge >= 0.3 is 5.97 Å². The number of rotatable bonds is 8.